The Morgan fingerprint density at radius 2 is 2.00 bits per heavy atom. The van der Waals surface area contributed by atoms with Crippen molar-refractivity contribution >= 4 is 29.0 Å². The number of nitrogens with zero attached hydrogens (tertiary/aromatic N) is 1. The van der Waals surface area contributed by atoms with Crippen molar-refractivity contribution in [2.75, 3.05) is 11.9 Å². The van der Waals surface area contributed by atoms with Gasteiger partial charge in [-0.15, -0.1) is 0 Å². The van der Waals surface area contributed by atoms with E-state index in [0.29, 0.717) is 5.69 Å². The van der Waals surface area contributed by atoms with Crippen LogP contribution in [0.15, 0.2) is 48.5 Å². The summed E-state index contributed by atoms with van der Waals surface area (Å²) in [6.07, 6.45) is -0.686. The first kappa shape index (κ1) is 16.4. The van der Waals surface area contributed by atoms with Crippen molar-refractivity contribution in [1.82, 2.24) is 0 Å². The molecule has 0 unspecified atom stereocenters. The number of benzene rings is 2. The average Bonchev–Trinajstić information content (AvgIpc) is 3.00. The van der Waals surface area contributed by atoms with Crippen molar-refractivity contribution in [3.63, 3.8) is 0 Å². The van der Waals surface area contributed by atoms with Crippen LogP contribution in [-0.4, -0.2) is 29.6 Å². The second kappa shape index (κ2) is 7.00. The standard InChI is InChI=1S/C17H14N2O6/c20-16(25-15-8-9-24-17(15)21)11-6-7-13(14(10-11)19(22)23)18-12-4-2-1-3-5-12/h1-7,10,15,18H,8-9H2/t15-/m0/s1. The van der Waals surface area contributed by atoms with Crippen LogP contribution in [0.3, 0.4) is 0 Å². The van der Waals surface area contributed by atoms with Gasteiger partial charge in [-0.2, -0.15) is 0 Å². The van der Waals surface area contributed by atoms with Crippen molar-refractivity contribution in [3.8, 4) is 0 Å². The van der Waals surface area contributed by atoms with Crippen LogP contribution in [0.5, 0.6) is 0 Å². The van der Waals surface area contributed by atoms with E-state index in [2.05, 4.69) is 5.32 Å². The van der Waals surface area contributed by atoms with Gasteiger partial charge in [-0.1, -0.05) is 18.2 Å². The molecule has 0 amide bonds. The highest BCUT2D eigenvalue weighted by Gasteiger charge is 2.31. The number of hydrogen-bond donors (Lipinski definition) is 1. The molecule has 1 N–H and O–H groups in total. The topological polar surface area (TPSA) is 108 Å². The molecule has 1 aliphatic heterocycles. The predicted molar refractivity (Wildman–Crippen MR) is 87.6 cm³/mol. The summed E-state index contributed by atoms with van der Waals surface area (Å²) in [6.45, 7) is 0.191. The second-order valence-corrected chi connectivity index (χ2v) is 5.33. The Hall–Kier alpha value is -3.42. The molecular weight excluding hydrogens is 328 g/mol. The molecule has 0 radical (unpaired) electrons. The SMILES string of the molecule is O=C(O[C@H]1CCOC1=O)c1ccc(Nc2ccccc2)c([N+](=O)[O-])c1. The van der Waals surface area contributed by atoms with E-state index < -0.39 is 23.0 Å². The van der Waals surface area contributed by atoms with Crippen molar-refractivity contribution in [1.29, 1.82) is 0 Å². The Bertz CT molecular complexity index is 821. The van der Waals surface area contributed by atoms with E-state index in [1.807, 2.05) is 6.07 Å². The van der Waals surface area contributed by atoms with E-state index in [9.17, 15) is 19.7 Å². The molecule has 8 heteroatoms. The summed E-state index contributed by atoms with van der Waals surface area (Å²) in [5.74, 6) is -1.41. The van der Waals surface area contributed by atoms with Crippen LogP contribution in [0.2, 0.25) is 0 Å². The molecule has 1 aliphatic rings. The number of hydrogen-bond acceptors (Lipinski definition) is 7. The normalized spacial score (nSPS) is 16.2. The summed E-state index contributed by atoms with van der Waals surface area (Å²) in [5.41, 5.74) is 0.639. The van der Waals surface area contributed by atoms with Crippen LogP contribution >= 0.6 is 0 Å². The minimum Gasteiger partial charge on any atom is -0.463 e. The van der Waals surface area contributed by atoms with Gasteiger partial charge in [0.2, 0.25) is 6.10 Å². The van der Waals surface area contributed by atoms with Crippen LogP contribution in [0.25, 0.3) is 0 Å². The zero-order valence-electron chi connectivity index (χ0n) is 13.0. The third-order valence-electron chi connectivity index (χ3n) is 3.62. The molecule has 2 aromatic carbocycles. The first-order valence-electron chi connectivity index (χ1n) is 7.53. The van der Waals surface area contributed by atoms with E-state index in [1.165, 1.54) is 12.1 Å². The average molecular weight is 342 g/mol. The Morgan fingerprint density at radius 3 is 2.64 bits per heavy atom. The number of nitro benzene ring substituents is 1. The molecule has 0 aromatic heterocycles. The molecule has 1 atom stereocenters. The van der Waals surface area contributed by atoms with Gasteiger partial charge in [0.05, 0.1) is 17.1 Å². The number of para-hydroxylation sites is 1. The Kier molecular flexibility index (Phi) is 4.60. The number of carbonyl (C=O) groups is 2. The molecular formula is C17H14N2O6. The molecule has 1 heterocycles. The van der Waals surface area contributed by atoms with Gasteiger partial charge in [-0.3, -0.25) is 10.1 Å². The van der Waals surface area contributed by atoms with E-state index in [1.54, 1.807) is 24.3 Å². The summed E-state index contributed by atoms with van der Waals surface area (Å²) in [7, 11) is 0. The lowest BCUT2D eigenvalue weighted by atomic mass is 10.1. The van der Waals surface area contributed by atoms with Gasteiger partial charge in [0.15, 0.2) is 0 Å². The van der Waals surface area contributed by atoms with Crippen molar-refractivity contribution in [2.45, 2.75) is 12.5 Å². The molecule has 128 valence electrons. The van der Waals surface area contributed by atoms with E-state index in [4.69, 9.17) is 9.47 Å². The third kappa shape index (κ3) is 3.74. The Balaban J connectivity index is 1.82. The molecule has 1 fully saturated rings. The molecule has 8 nitrogen and oxygen atoms in total. The zero-order chi connectivity index (χ0) is 17.8. The van der Waals surface area contributed by atoms with E-state index in [-0.39, 0.29) is 30.0 Å². The van der Waals surface area contributed by atoms with Crippen LogP contribution in [0.1, 0.15) is 16.8 Å². The van der Waals surface area contributed by atoms with Gasteiger partial charge < -0.3 is 14.8 Å². The monoisotopic (exact) mass is 342 g/mol. The van der Waals surface area contributed by atoms with Crippen molar-refractivity contribution in [3.05, 3.63) is 64.2 Å². The first-order chi connectivity index (χ1) is 12.0. The highest BCUT2D eigenvalue weighted by atomic mass is 16.6. The van der Waals surface area contributed by atoms with E-state index in [0.717, 1.165) is 6.07 Å². The van der Waals surface area contributed by atoms with Crippen molar-refractivity contribution < 1.29 is 24.0 Å². The summed E-state index contributed by atoms with van der Waals surface area (Å²) < 4.78 is 9.76. The number of carbonyl (C=O) groups excluding carboxylic acids is 2. The van der Waals surface area contributed by atoms with Gasteiger partial charge in [0.25, 0.3) is 5.69 Å². The lowest BCUT2D eigenvalue weighted by Gasteiger charge is -2.10. The minimum atomic E-state index is -0.964. The summed E-state index contributed by atoms with van der Waals surface area (Å²) in [5, 5.41) is 14.3. The van der Waals surface area contributed by atoms with Crippen LogP contribution in [-0.2, 0) is 14.3 Å². The molecule has 2 aromatic rings. The van der Waals surface area contributed by atoms with Gasteiger partial charge in [-0.05, 0) is 24.3 Å². The van der Waals surface area contributed by atoms with Crippen LogP contribution < -0.4 is 5.32 Å². The summed E-state index contributed by atoms with van der Waals surface area (Å²) in [4.78, 5) is 34.2. The van der Waals surface area contributed by atoms with Crippen molar-refractivity contribution in [2.24, 2.45) is 0 Å². The molecule has 3 rings (SSSR count). The maximum Gasteiger partial charge on any atom is 0.347 e. The van der Waals surface area contributed by atoms with Gasteiger partial charge >= 0.3 is 11.9 Å². The molecule has 1 saturated heterocycles. The predicted octanol–water partition coefficient (Wildman–Crippen LogP) is 2.81. The number of cyclic esters (lactones) is 1. The fourth-order valence-electron chi connectivity index (χ4n) is 2.37. The number of anilines is 2. The molecule has 0 spiro atoms. The number of esters is 2. The van der Waals surface area contributed by atoms with E-state index >= 15 is 0 Å². The molecule has 0 bridgehead atoms. The lowest BCUT2D eigenvalue weighted by molar-refractivity contribution is -0.383. The molecule has 0 aliphatic carbocycles. The first-order valence-corrected chi connectivity index (χ1v) is 7.53. The number of nitrogens with one attached hydrogen (secondary N) is 1. The largest absolute Gasteiger partial charge is 0.463 e. The van der Waals surface area contributed by atoms with Gasteiger partial charge in [-0.25, -0.2) is 9.59 Å². The fourth-order valence-corrected chi connectivity index (χ4v) is 2.37. The van der Waals surface area contributed by atoms with Gasteiger partial charge in [0, 0.05) is 18.2 Å². The highest BCUT2D eigenvalue weighted by molar-refractivity contribution is 5.93. The smallest absolute Gasteiger partial charge is 0.347 e. The molecule has 0 saturated carbocycles. The second-order valence-electron chi connectivity index (χ2n) is 5.33. The highest BCUT2D eigenvalue weighted by Crippen LogP contribution is 2.29. The maximum absolute atomic E-state index is 12.1. The zero-order valence-corrected chi connectivity index (χ0v) is 13.0. The minimum absolute atomic E-state index is 0.00925. The summed E-state index contributed by atoms with van der Waals surface area (Å²) >= 11 is 0. The quantitative estimate of drug-likeness (QED) is 0.505. The fraction of sp³-hybridized carbons (Fsp3) is 0.176. The Morgan fingerprint density at radius 1 is 1.24 bits per heavy atom. The molecule has 25 heavy (non-hydrogen) atoms. The maximum atomic E-state index is 12.1. The number of nitro groups is 1. The Labute approximate surface area is 142 Å². The number of ether oxygens (including phenoxy) is 2. The lowest BCUT2D eigenvalue weighted by Crippen LogP contribution is -2.22. The van der Waals surface area contributed by atoms with Gasteiger partial charge in [0.1, 0.15) is 5.69 Å². The third-order valence-corrected chi connectivity index (χ3v) is 3.62. The number of rotatable bonds is 5. The van der Waals surface area contributed by atoms with Crippen LogP contribution in [0.4, 0.5) is 17.1 Å². The van der Waals surface area contributed by atoms with Crippen LogP contribution in [0, 0.1) is 10.1 Å². The summed E-state index contributed by atoms with van der Waals surface area (Å²) in [6, 6.07) is 12.9.